The van der Waals surface area contributed by atoms with Gasteiger partial charge < -0.3 is 19.4 Å². The number of rotatable bonds is 8. The molecular formula is C21H28N2O4. The molecule has 146 valence electrons. The van der Waals surface area contributed by atoms with Crippen LogP contribution in [0.2, 0.25) is 0 Å². The molecule has 0 spiro atoms. The number of hydrogen-bond acceptors (Lipinski definition) is 4. The number of nitrogens with zero attached hydrogens (tertiary/aromatic N) is 1. The van der Waals surface area contributed by atoms with Gasteiger partial charge in [0.25, 0.3) is 0 Å². The normalized spacial score (nSPS) is 10.7. The summed E-state index contributed by atoms with van der Waals surface area (Å²) >= 11 is 0. The van der Waals surface area contributed by atoms with Crippen LogP contribution in [0, 0.1) is 20.8 Å². The van der Waals surface area contributed by atoms with Gasteiger partial charge in [0.05, 0.1) is 6.61 Å². The van der Waals surface area contributed by atoms with Crippen LogP contribution in [-0.2, 0) is 27.4 Å². The van der Waals surface area contributed by atoms with Crippen molar-refractivity contribution < 1.29 is 19.1 Å². The van der Waals surface area contributed by atoms with Crippen LogP contribution in [0.5, 0.6) is 0 Å². The van der Waals surface area contributed by atoms with E-state index < -0.39 is 0 Å². The van der Waals surface area contributed by atoms with Gasteiger partial charge in [-0.15, -0.1) is 0 Å². The van der Waals surface area contributed by atoms with E-state index in [-0.39, 0.29) is 18.5 Å². The van der Waals surface area contributed by atoms with Crippen molar-refractivity contribution in [3.8, 4) is 0 Å². The van der Waals surface area contributed by atoms with Gasteiger partial charge in [0.1, 0.15) is 12.3 Å². The van der Waals surface area contributed by atoms with Crippen molar-refractivity contribution in [1.82, 2.24) is 9.88 Å². The van der Waals surface area contributed by atoms with E-state index in [9.17, 15) is 9.59 Å². The van der Waals surface area contributed by atoms with Crippen molar-refractivity contribution in [2.45, 2.75) is 40.8 Å². The second-order valence-electron chi connectivity index (χ2n) is 6.62. The fourth-order valence-corrected chi connectivity index (χ4v) is 2.99. The molecule has 0 aliphatic carbocycles. The molecule has 1 aromatic carbocycles. The Hall–Kier alpha value is -2.60. The molecule has 6 nitrogen and oxygen atoms in total. The molecule has 2 rings (SSSR count). The van der Waals surface area contributed by atoms with Crippen LogP contribution in [0.3, 0.4) is 0 Å². The fraction of sp³-hybridized carbons (Fsp3) is 0.429. The quantitative estimate of drug-likeness (QED) is 0.722. The summed E-state index contributed by atoms with van der Waals surface area (Å²) in [5.41, 5.74) is 5.25. The zero-order valence-electron chi connectivity index (χ0n) is 16.7. The highest BCUT2D eigenvalue weighted by atomic mass is 16.5. The summed E-state index contributed by atoms with van der Waals surface area (Å²) in [6.07, 6.45) is 0. The fourth-order valence-electron chi connectivity index (χ4n) is 2.99. The lowest BCUT2D eigenvalue weighted by molar-refractivity contribution is -0.136. The minimum absolute atomic E-state index is 0.0130. The van der Waals surface area contributed by atoms with Gasteiger partial charge in [0, 0.05) is 25.9 Å². The zero-order valence-corrected chi connectivity index (χ0v) is 16.7. The number of aromatic nitrogens is 1. The van der Waals surface area contributed by atoms with Gasteiger partial charge >= 0.3 is 5.97 Å². The molecule has 1 amide bonds. The van der Waals surface area contributed by atoms with Gasteiger partial charge in [-0.1, -0.05) is 29.8 Å². The smallest absolute Gasteiger partial charge is 0.355 e. The molecule has 1 heterocycles. The molecule has 1 aromatic heterocycles. The summed E-state index contributed by atoms with van der Waals surface area (Å²) in [6.45, 7) is 8.77. The standard InChI is InChI=1S/C21H28N2O4/c1-6-27-21(25)20-15(3)18(16(4)22-20)12-23(19(24)13-26-5)11-17-9-7-14(2)8-10-17/h7-10,22H,6,11-13H2,1-5H3. The van der Waals surface area contributed by atoms with E-state index in [1.807, 2.05) is 45.0 Å². The Kier molecular flexibility index (Phi) is 7.19. The third-order valence-electron chi connectivity index (χ3n) is 4.54. The number of amides is 1. The lowest BCUT2D eigenvalue weighted by Crippen LogP contribution is -2.33. The van der Waals surface area contributed by atoms with Crippen LogP contribution in [0.15, 0.2) is 24.3 Å². The Labute approximate surface area is 160 Å². The molecule has 0 aliphatic heterocycles. The SMILES string of the molecule is CCOC(=O)c1[nH]c(C)c(CN(Cc2ccc(C)cc2)C(=O)COC)c1C. The van der Waals surface area contributed by atoms with Crippen molar-refractivity contribution in [3.63, 3.8) is 0 Å². The van der Waals surface area contributed by atoms with Crippen molar-refractivity contribution in [1.29, 1.82) is 0 Å². The Bertz CT molecular complexity index is 793. The first-order chi connectivity index (χ1) is 12.9. The molecule has 6 heteroatoms. The molecule has 0 radical (unpaired) electrons. The average Bonchev–Trinajstić information content (AvgIpc) is 2.91. The van der Waals surface area contributed by atoms with E-state index in [1.165, 1.54) is 12.7 Å². The van der Waals surface area contributed by atoms with Crippen LogP contribution in [0.25, 0.3) is 0 Å². The van der Waals surface area contributed by atoms with Gasteiger partial charge in [-0.05, 0) is 44.4 Å². The predicted molar refractivity (Wildman–Crippen MR) is 104 cm³/mol. The Morgan fingerprint density at radius 2 is 1.74 bits per heavy atom. The summed E-state index contributed by atoms with van der Waals surface area (Å²) in [5, 5.41) is 0. The topological polar surface area (TPSA) is 71.6 Å². The largest absolute Gasteiger partial charge is 0.461 e. The van der Waals surface area contributed by atoms with Crippen molar-refractivity contribution >= 4 is 11.9 Å². The number of hydrogen-bond donors (Lipinski definition) is 1. The molecule has 0 unspecified atom stereocenters. The van der Waals surface area contributed by atoms with E-state index in [1.54, 1.807) is 11.8 Å². The van der Waals surface area contributed by atoms with Gasteiger partial charge in [-0.3, -0.25) is 4.79 Å². The van der Waals surface area contributed by atoms with Gasteiger partial charge in [-0.2, -0.15) is 0 Å². The molecule has 0 bridgehead atoms. The van der Waals surface area contributed by atoms with Crippen molar-refractivity contribution in [2.75, 3.05) is 20.3 Å². The molecule has 0 saturated carbocycles. The maximum atomic E-state index is 12.6. The van der Waals surface area contributed by atoms with E-state index >= 15 is 0 Å². The second kappa shape index (κ2) is 9.37. The molecule has 0 atom stereocenters. The highest BCUT2D eigenvalue weighted by Gasteiger charge is 2.22. The average molecular weight is 372 g/mol. The first kappa shape index (κ1) is 20.7. The third kappa shape index (κ3) is 5.20. The van der Waals surface area contributed by atoms with Gasteiger partial charge in [-0.25, -0.2) is 4.79 Å². The first-order valence-electron chi connectivity index (χ1n) is 9.04. The third-order valence-corrected chi connectivity index (χ3v) is 4.54. The maximum absolute atomic E-state index is 12.6. The van der Waals surface area contributed by atoms with Crippen LogP contribution in [-0.4, -0.2) is 42.1 Å². The van der Waals surface area contributed by atoms with Crippen LogP contribution in [0.1, 0.15) is 45.4 Å². The van der Waals surface area contributed by atoms with Crippen LogP contribution in [0.4, 0.5) is 0 Å². The summed E-state index contributed by atoms with van der Waals surface area (Å²) in [6, 6.07) is 8.09. The highest BCUT2D eigenvalue weighted by molar-refractivity contribution is 5.90. The Morgan fingerprint density at radius 1 is 1.07 bits per heavy atom. The van der Waals surface area contributed by atoms with Crippen LogP contribution < -0.4 is 0 Å². The number of methoxy groups -OCH3 is 1. The van der Waals surface area contributed by atoms with E-state index in [4.69, 9.17) is 9.47 Å². The Balaban J connectivity index is 2.28. The van der Waals surface area contributed by atoms with Crippen molar-refractivity contribution in [2.24, 2.45) is 0 Å². The maximum Gasteiger partial charge on any atom is 0.355 e. The first-order valence-corrected chi connectivity index (χ1v) is 9.04. The van der Waals surface area contributed by atoms with E-state index in [0.29, 0.717) is 25.4 Å². The summed E-state index contributed by atoms with van der Waals surface area (Å²) < 4.78 is 10.1. The number of ether oxygens (including phenoxy) is 2. The predicted octanol–water partition coefficient (Wildman–Crippen LogP) is 3.29. The number of carbonyl (C=O) groups excluding carboxylic acids is 2. The number of nitrogens with one attached hydrogen (secondary N) is 1. The molecule has 1 N–H and O–H groups in total. The molecule has 0 aliphatic rings. The van der Waals surface area contributed by atoms with Crippen molar-refractivity contribution in [3.05, 3.63) is 57.9 Å². The highest BCUT2D eigenvalue weighted by Crippen LogP contribution is 2.22. The monoisotopic (exact) mass is 372 g/mol. The summed E-state index contributed by atoms with van der Waals surface area (Å²) in [4.78, 5) is 29.5. The number of H-pyrrole nitrogens is 1. The molecule has 2 aromatic rings. The molecular weight excluding hydrogens is 344 g/mol. The number of aryl methyl sites for hydroxylation is 2. The lowest BCUT2D eigenvalue weighted by Gasteiger charge is -2.23. The summed E-state index contributed by atoms with van der Waals surface area (Å²) in [5.74, 6) is -0.478. The van der Waals surface area contributed by atoms with Gasteiger partial charge in [0.15, 0.2) is 0 Å². The Morgan fingerprint density at radius 3 is 2.33 bits per heavy atom. The van der Waals surface area contributed by atoms with E-state index in [2.05, 4.69) is 4.98 Å². The summed E-state index contributed by atoms with van der Waals surface area (Å²) in [7, 11) is 1.51. The van der Waals surface area contributed by atoms with E-state index in [0.717, 1.165) is 22.4 Å². The molecule has 0 saturated heterocycles. The molecule has 0 fully saturated rings. The van der Waals surface area contributed by atoms with Gasteiger partial charge in [0.2, 0.25) is 5.91 Å². The number of esters is 1. The minimum atomic E-state index is -0.377. The number of aromatic amines is 1. The van der Waals surface area contributed by atoms with Crippen LogP contribution >= 0.6 is 0 Å². The number of carbonyl (C=O) groups is 2. The zero-order chi connectivity index (χ0) is 20.0. The molecule has 27 heavy (non-hydrogen) atoms. The minimum Gasteiger partial charge on any atom is -0.461 e. The number of benzene rings is 1. The second-order valence-corrected chi connectivity index (χ2v) is 6.62. The lowest BCUT2D eigenvalue weighted by atomic mass is 10.1.